The number of nitrogens with zero attached hydrogens (tertiary/aromatic N) is 3. The first-order valence-electron chi connectivity index (χ1n) is 8.39. The van der Waals surface area contributed by atoms with Crippen LogP contribution in [-0.2, 0) is 6.54 Å². The molecule has 0 spiro atoms. The Bertz CT molecular complexity index is 1120. The average Bonchev–Trinajstić information content (AvgIpc) is 2.72. The molecule has 0 bridgehead atoms. The summed E-state index contributed by atoms with van der Waals surface area (Å²) in [7, 11) is 0. The van der Waals surface area contributed by atoms with Crippen LogP contribution in [0, 0.1) is 0 Å². The maximum atomic E-state index is 12.5. The molecule has 27 heavy (non-hydrogen) atoms. The number of pyridine rings is 3. The minimum Gasteiger partial charge on any atom is -0.347 e. The van der Waals surface area contributed by atoms with Gasteiger partial charge in [0.25, 0.3) is 5.91 Å². The highest BCUT2D eigenvalue weighted by Gasteiger charge is 2.13. The lowest BCUT2D eigenvalue weighted by Crippen LogP contribution is -2.23. The quantitative estimate of drug-likeness (QED) is 0.579. The second-order valence-corrected chi connectivity index (χ2v) is 6.38. The van der Waals surface area contributed by atoms with Gasteiger partial charge in [0, 0.05) is 52.9 Å². The number of carbonyl (C=O) groups excluding carboxylic acids is 1. The Hall–Kier alpha value is -3.31. The van der Waals surface area contributed by atoms with Crippen LogP contribution in [0.25, 0.3) is 22.0 Å². The second kappa shape index (κ2) is 7.51. The zero-order chi connectivity index (χ0) is 18.6. The van der Waals surface area contributed by atoms with Crippen LogP contribution in [0.3, 0.4) is 0 Å². The summed E-state index contributed by atoms with van der Waals surface area (Å²) in [6.07, 6.45) is 6.83. The summed E-state index contributed by atoms with van der Waals surface area (Å²) in [6, 6.07) is 14.8. The minimum atomic E-state index is -0.240. The second-order valence-electron chi connectivity index (χ2n) is 5.97. The van der Waals surface area contributed by atoms with Crippen molar-refractivity contribution in [3.8, 4) is 11.1 Å². The van der Waals surface area contributed by atoms with Crippen molar-refractivity contribution >= 4 is 28.4 Å². The largest absolute Gasteiger partial charge is 0.347 e. The summed E-state index contributed by atoms with van der Waals surface area (Å²) in [5.41, 5.74) is 3.63. The van der Waals surface area contributed by atoms with Crippen LogP contribution in [0.5, 0.6) is 0 Å². The highest BCUT2D eigenvalue weighted by molar-refractivity contribution is 6.33. The number of rotatable bonds is 4. The van der Waals surface area contributed by atoms with Crippen LogP contribution in [0.2, 0.25) is 5.02 Å². The first kappa shape index (κ1) is 17.1. The molecule has 0 radical (unpaired) electrons. The number of hydrogen-bond donors (Lipinski definition) is 1. The highest BCUT2D eigenvalue weighted by atomic mass is 35.5. The summed E-state index contributed by atoms with van der Waals surface area (Å²) < 4.78 is 0. The van der Waals surface area contributed by atoms with Gasteiger partial charge in [-0.25, -0.2) is 4.98 Å². The molecule has 132 valence electrons. The van der Waals surface area contributed by atoms with Crippen LogP contribution in [-0.4, -0.2) is 20.9 Å². The third-order valence-electron chi connectivity index (χ3n) is 4.20. The molecule has 1 amide bonds. The van der Waals surface area contributed by atoms with Gasteiger partial charge in [0.05, 0.1) is 5.52 Å². The fraction of sp³-hybridized carbons (Fsp3) is 0.0476. The van der Waals surface area contributed by atoms with Gasteiger partial charge in [-0.3, -0.25) is 14.8 Å². The third-order valence-corrected chi connectivity index (χ3v) is 4.53. The van der Waals surface area contributed by atoms with Gasteiger partial charge in [-0.15, -0.1) is 0 Å². The van der Waals surface area contributed by atoms with E-state index in [4.69, 9.17) is 11.6 Å². The van der Waals surface area contributed by atoms with Crippen molar-refractivity contribution in [2.24, 2.45) is 0 Å². The minimum absolute atomic E-state index is 0.240. The Morgan fingerprint density at radius 2 is 1.74 bits per heavy atom. The van der Waals surface area contributed by atoms with Crippen LogP contribution in [0.15, 0.2) is 73.3 Å². The zero-order valence-corrected chi connectivity index (χ0v) is 15.0. The molecular weight excluding hydrogens is 360 g/mol. The van der Waals surface area contributed by atoms with Crippen molar-refractivity contribution in [2.75, 3.05) is 0 Å². The first-order chi connectivity index (χ1) is 13.2. The summed E-state index contributed by atoms with van der Waals surface area (Å²) in [6.45, 7) is 0.411. The van der Waals surface area contributed by atoms with E-state index in [1.165, 1.54) is 0 Å². The van der Waals surface area contributed by atoms with E-state index in [1.807, 2.05) is 42.5 Å². The Morgan fingerprint density at radius 1 is 0.926 bits per heavy atom. The van der Waals surface area contributed by atoms with Gasteiger partial charge in [0.15, 0.2) is 0 Å². The van der Waals surface area contributed by atoms with E-state index in [-0.39, 0.29) is 5.91 Å². The van der Waals surface area contributed by atoms with E-state index < -0.39 is 0 Å². The SMILES string of the molecule is O=C(NCc1ccncc1)c1ccc2cncc(-c3ccccc3Cl)c2n1. The van der Waals surface area contributed by atoms with Gasteiger partial charge in [-0.05, 0) is 35.9 Å². The van der Waals surface area contributed by atoms with Crippen LogP contribution in [0.4, 0.5) is 0 Å². The van der Waals surface area contributed by atoms with Crippen molar-refractivity contribution in [3.63, 3.8) is 0 Å². The molecule has 5 nitrogen and oxygen atoms in total. The molecular formula is C21H15ClN4O. The van der Waals surface area contributed by atoms with Crippen molar-refractivity contribution in [3.05, 3.63) is 89.6 Å². The molecule has 0 aliphatic heterocycles. The Balaban J connectivity index is 1.68. The maximum absolute atomic E-state index is 12.5. The number of halogens is 1. The third kappa shape index (κ3) is 3.64. The molecule has 6 heteroatoms. The molecule has 0 atom stereocenters. The predicted octanol–water partition coefficient (Wildman–Crippen LogP) is 4.28. The lowest BCUT2D eigenvalue weighted by atomic mass is 10.0. The molecule has 4 aromatic rings. The molecule has 1 aromatic carbocycles. The molecule has 0 saturated heterocycles. The van der Waals surface area contributed by atoms with Gasteiger partial charge in [0.2, 0.25) is 0 Å². The van der Waals surface area contributed by atoms with Crippen LogP contribution < -0.4 is 5.32 Å². The van der Waals surface area contributed by atoms with E-state index in [9.17, 15) is 4.79 Å². The van der Waals surface area contributed by atoms with E-state index >= 15 is 0 Å². The fourth-order valence-electron chi connectivity index (χ4n) is 2.82. The summed E-state index contributed by atoms with van der Waals surface area (Å²) >= 11 is 6.34. The van der Waals surface area contributed by atoms with E-state index in [2.05, 4.69) is 20.3 Å². The maximum Gasteiger partial charge on any atom is 0.270 e. The monoisotopic (exact) mass is 374 g/mol. The molecule has 3 aromatic heterocycles. The van der Waals surface area contributed by atoms with E-state index in [1.54, 1.807) is 30.9 Å². The Labute approximate surface area is 161 Å². The standard InChI is InChI=1S/C21H15ClN4O/c22-18-4-2-1-3-16(18)17-13-24-12-15-5-6-19(26-20(15)17)21(27)25-11-14-7-9-23-10-8-14/h1-10,12-13H,11H2,(H,25,27). The predicted molar refractivity (Wildman–Crippen MR) is 105 cm³/mol. The molecule has 1 N–H and O–H groups in total. The number of amides is 1. The highest BCUT2D eigenvalue weighted by Crippen LogP contribution is 2.31. The van der Waals surface area contributed by atoms with Gasteiger partial charge in [0.1, 0.15) is 5.69 Å². The van der Waals surface area contributed by atoms with Crippen molar-refractivity contribution in [1.29, 1.82) is 0 Å². The van der Waals surface area contributed by atoms with E-state index in [0.717, 1.165) is 22.1 Å². The first-order valence-corrected chi connectivity index (χ1v) is 8.77. The van der Waals surface area contributed by atoms with Crippen molar-refractivity contribution in [1.82, 2.24) is 20.3 Å². The number of benzene rings is 1. The smallest absolute Gasteiger partial charge is 0.270 e. The summed E-state index contributed by atoms with van der Waals surface area (Å²) in [5, 5.41) is 4.34. The molecule has 4 rings (SSSR count). The molecule has 0 saturated carbocycles. The topological polar surface area (TPSA) is 67.8 Å². The Kier molecular flexibility index (Phi) is 4.77. The molecule has 0 aliphatic carbocycles. The number of aromatic nitrogens is 3. The lowest BCUT2D eigenvalue weighted by molar-refractivity contribution is 0.0946. The van der Waals surface area contributed by atoms with Crippen LogP contribution in [0.1, 0.15) is 16.1 Å². The van der Waals surface area contributed by atoms with Crippen molar-refractivity contribution < 1.29 is 4.79 Å². The zero-order valence-electron chi connectivity index (χ0n) is 14.3. The lowest BCUT2D eigenvalue weighted by Gasteiger charge is -2.09. The molecule has 0 aliphatic rings. The normalized spacial score (nSPS) is 10.7. The van der Waals surface area contributed by atoms with Gasteiger partial charge < -0.3 is 5.32 Å². The summed E-state index contributed by atoms with van der Waals surface area (Å²) in [5.74, 6) is -0.240. The van der Waals surface area contributed by atoms with E-state index in [0.29, 0.717) is 22.8 Å². The Morgan fingerprint density at radius 3 is 2.56 bits per heavy atom. The van der Waals surface area contributed by atoms with Gasteiger partial charge in [-0.1, -0.05) is 29.8 Å². The average molecular weight is 375 g/mol. The number of carbonyl (C=O) groups is 1. The molecule has 3 heterocycles. The molecule has 0 fully saturated rings. The van der Waals surface area contributed by atoms with Crippen molar-refractivity contribution in [2.45, 2.75) is 6.54 Å². The van der Waals surface area contributed by atoms with Crippen LogP contribution >= 0.6 is 11.6 Å². The van der Waals surface area contributed by atoms with Gasteiger partial charge in [-0.2, -0.15) is 0 Å². The number of hydrogen-bond acceptors (Lipinski definition) is 4. The van der Waals surface area contributed by atoms with Gasteiger partial charge >= 0.3 is 0 Å². The number of fused-ring (bicyclic) bond motifs is 1. The molecule has 0 unspecified atom stereocenters. The summed E-state index contributed by atoms with van der Waals surface area (Å²) in [4.78, 5) is 25.4. The fourth-order valence-corrected chi connectivity index (χ4v) is 3.06. The number of nitrogens with one attached hydrogen (secondary N) is 1.